The van der Waals surface area contributed by atoms with Crippen molar-refractivity contribution in [3.05, 3.63) is 77.7 Å². The number of para-hydroxylation sites is 1. The molecule has 234 valence electrons. The van der Waals surface area contributed by atoms with Crippen LogP contribution in [0.3, 0.4) is 0 Å². The molecule has 43 heavy (non-hydrogen) atoms. The van der Waals surface area contributed by atoms with Gasteiger partial charge in [0.1, 0.15) is 6.04 Å². The van der Waals surface area contributed by atoms with Gasteiger partial charge in [0.15, 0.2) is 0 Å². The summed E-state index contributed by atoms with van der Waals surface area (Å²) in [5.41, 5.74) is 2.06. The van der Waals surface area contributed by atoms with Gasteiger partial charge in [0.2, 0.25) is 15.9 Å². The number of fused-ring (bicyclic) bond motifs is 2. The second-order valence-corrected chi connectivity index (χ2v) is 15.0. The molecule has 0 aliphatic carbocycles. The molecule has 0 saturated carbocycles. The number of anilines is 1. The van der Waals surface area contributed by atoms with Gasteiger partial charge in [-0.25, -0.2) is 21.6 Å². The van der Waals surface area contributed by atoms with Crippen LogP contribution in [0.4, 0.5) is 5.69 Å². The Morgan fingerprint density at radius 2 is 1.67 bits per heavy atom. The van der Waals surface area contributed by atoms with E-state index in [9.17, 15) is 21.6 Å². The van der Waals surface area contributed by atoms with E-state index in [4.69, 9.17) is 9.47 Å². The van der Waals surface area contributed by atoms with Crippen molar-refractivity contribution in [3.63, 3.8) is 0 Å². The summed E-state index contributed by atoms with van der Waals surface area (Å²) in [4.78, 5) is 17.5. The molecule has 5 rings (SSSR count). The van der Waals surface area contributed by atoms with E-state index in [1.165, 1.54) is 4.31 Å². The van der Waals surface area contributed by atoms with Gasteiger partial charge in [-0.1, -0.05) is 55.1 Å². The summed E-state index contributed by atoms with van der Waals surface area (Å²) in [6.07, 6.45) is 1.08. The first-order chi connectivity index (χ1) is 20.6. The second-order valence-electron chi connectivity index (χ2n) is 11.3. The zero-order valence-electron chi connectivity index (χ0n) is 24.3. The molecule has 3 heterocycles. The Morgan fingerprint density at radius 3 is 2.37 bits per heavy atom. The standard InChI is InChI=1S/C30H40N4O7S2/c1-2-43(38,39)34-24-30(26-10-6-7-11-28(26)34)12-14-33(15-13-30)29(35)27(23-41-22-25-8-4-3-5-9-25)31-42(36,37)21-18-32-16-19-40-20-17-32/h2-11,27,31H,1,12-24H2/t27-/m1/s1. The number of rotatable bonds is 12. The highest BCUT2D eigenvalue weighted by atomic mass is 32.2. The number of hydrogen-bond acceptors (Lipinski definition) is 8. The minimum atomic E-state index is -3.79. The zero-order valence-corrected chi connectivity index (χ0v) is 25.9. The lowest BCUT2D eigenvalue weighted by molar-refractivity contribution is -0.136. The van der Waals surface area contributed by atoms with Crippen LogP contribution in [0.25, 0.3) is 0 Å². The van der Waals surface area contributed by atoms with Crippen molar-refractivity contribution in [2.24, 2.45) is 0 Å². The number of amides is 1. The van der Waals surface area contributed by atoms with Gasteiger partial charge in [-0.15, -0.1) is 0 Å². The van der Waals surface area contributed by atoms with Gasteiger partial charge in [0.05, 0.1) is 37.9 Å². The number of sulfonamides is 2. The number of ether oxygens (including phenoxy) is 2. The number of carbonyl (C=O) groups is 1. The number of hydrogen-bond donors (Lipinski definition) is 1. The first-order valence-corrected chi connectivity index (χ1v) is 17.7. The first-order valence-electron chi connectivity index (χ1n) is 14.6. The number of likely N-dealkylation sites (tertiary alicyclic amines) is 1. The van der Waals surface area contributed by atoms with E-state index < -0.39 is 31.5 Å². The molecule has 11 nitrogen and oxygen atoms in total. The Hall–Kier alpha value is -2.81. The predicted molar refractivity (Wildman–Crippen MR) is 164 cm³/mol. The van der Waals surface area contributed by atoms with Crippen LogP contribution < -0.4 is 9.03 Å². The van der Waals surface area contributed by atoms with Crippen LogP contribution in [0.5, 0.6) is 0 Å². The third-order valence-electron chi connectivity index (χ3n) is 8.54. The van der Waals surface area contributed by atoms with E-state index in [1.807, 2.05) is 53.4 Å². The van der Waals surface area contributed by atoms with Crippen LogP contribution >= 0.6 is 0 Å². The molecule has 2 saturated heterocycles. The lowest BCUT2D eigenvalue weighted by atomic mass is 9.74. The molecule has 1 spiro atoms. The van der Waals surface area contributed by atoms with Gasteiger partial charge < -0.3 is 14.4 Å². The van der Waals surface area contributed by atoms with E-state index in [0.717, 1.165) is 16.5 Å². The average Bonchev–Trinajstić information content (AvgIpc) is 3.35. The first kappa shape index (κ1) is 31.6. The highest BCUT2D eigenvalue weighted by Crippen LogP contribution is 2.48. The van der Waals surface area contributed by atoms with Crippen molar-refractivity contribution >= 4 is 31.6 Å². The Bertz CT molecular complexity index is 1490. The summed E-state index contributed by atoms with van der Waals surface area (Å²) < 4.78 is 67.1. The number of nitrogens with zero attached hydrogens (tertiary/aromatic N) is 3. The number of carbonyl (C=O) groups excluding carboxylic acids is 1. The van der Waals surface area contributed by atoms with Crippen molar-refractivity contribution in [1.29, 1.82) is 0 Å². The number of morpholine rings is 1. The van der Waals surface area contributed by atoms with E-state index in [0.29, 0.717) is 64.5 Å². The van der Waals surface area contributed by atoms with Gasteiger partial charge >= 0.3 is 0 Å². The molecule has 1 atom stereocenters. The van der Waals surface area contributed by atoms with Crippen LogP contribution in [0.15, 0.2) is 66.6 Å². The van der Waals surface area contributed by atoms with Gasteiger partial charge in [-0.05, 0) is 30.0 Å². The Labute approximate surface area is 254 Å². The van der Waals surface area contributed by atoms with Crippen molar-refractivity contribution in [1.82, 2.24) is 14.5 Å². The maximum absolute atomic E-state index is 13.8. The molecular weight excluding hydrogens is 592 g/mol. The summed E-state index contributed by atoms with van der Waals surface area (Å²) in [6.45, 7) is 7.45. The van der Waals surface area contributed by atoms with Crippen molar-refractivity contribution < 1.29 is 31.1 Å². The third kappa shape index (κ3) is 7.47. The van der Waals surface area contributed by atoms with Crippen molar-refractivity contribution in [2.75, 3.05) is 69.1 Å². The molecule has 1 N–H and O–H groups in total. The van der Waals surface area contributed by atoms with Crippen LogP contribution in [0, 0.1) is 0 Å². The lowest BCUT2D eigenvalue weighted by Gasteiger charge is -2.40. The highest BCUT2D eigenvalue weighted by molar-refractivity contribution is 7.95. The van der Waals surface area contributed by atoms with E-state index >= 15 is 0 Å². The van der Waals surface area contributed by atoms with Crippen molar-refractivity contribution in [3.8, 4) is 0 Å². The quantitative estimate of drug-likeness (QED) is 0.375. The molecule has 0 unspecified atom stereocenters. The Balaban J connectivity index is 1.27. The summed E-state index contributed by atoms with van der Waals surface area (Å²) in [5.74, 6) is -0.483. The van der Waals surface area contributed by atoms with E-state index in [1.54, 1.807) is 11.0 Å². The maximum Gasteiger partial charge on any atom is 0.256 e. The molecule has 1 amide bonds. The summed E-state index contributed by atoms with van der Waals surface area (Å²) >= 11 is 0. The second kappa shape index (κ2) is 13.4. The fourth-order valence-electron chi connectivity index (χ4n) is 6.08. The summed E-state index contributed by atoms with van der Waals surface area (Å²) in [6, 6.07) is 15.9. The molecule has 0 bridgehead atoms. The molecule has 3 aliphatic heterocycles. The summed E-state index contributed by atoms with van der Waals surface area (Å²) in [5, 5.41) is 0.965. The smallest absolute Gasteiger partial charge is 0.256 e. The lowest BCUT2D eigenvalue weighted by Crippen LogP contribution is -2.55. The van der Waals surface area contributed by atoms with Gasteiger partial charge in [-0.2, -0.15) is 0 Å². The largest absolute Gasteiger partial charge is 0.379 e. The van der Waals surface area contributed by atoms with Gasteiger partial charge in [-0.3, -0.25) is 14.0 Å². The molecular formula is C30H40N4O7S2. The third-order valence-corrected chi connectivity index (χ3v) is 11.3. The summed E-state index contributed by atoms with van der Waals surface area (Å²) in [7, 11) is -7.47. The Kier molecular flexibility index (Phi) is 9.89. The minimum absolute atomic E-state index is 0.111. The molecule has 2 aromatic rings. The fourth-order valence-corrected chi connectivity index (χ4v) is 8.34. The molecule has 0 radical (unpaired) electrons. The van der Waals surface area contributed by atoms with Crippen LogP contribution in [0.1, 0.15) is 24.0 Å². The van der Waals surface area contributed by atoms with E-state index in [-0.39, 0.29) is 31.4 Å². The molecule has 0 aromatic heterocycles. The average molecular weight is 633 g/mol. The predicted octanol–water partition coefficient (Wildman–Crippen LogP) is 1.68. The monoisotopic (exact) mass is 632 g/mol. The number of benzene rings is 2. The van der Waals surface area contributed by atoms with Gasteiger partial charge in [0, 0.05) is 50.1 Å². The highest BCUT2D eigenvalue weighted by Gasteiger charge is 2.48. The maximum atomic E-state index is 13.8. The van der Waals surface area contributed by atoms with Crippen LogP contribution in [-0.2, 0) is 46.3 Å². The molecule has 2 aromatic carbocycles. The fraction of sp³-hybridized carbons (Fsp3) is 0.500. The number of nitrogens with one attached hydrogen (secondary N) is 1. The molecule has 2 fully saturated rings. The zero-order chi connectivity index (χ0) is 30.5. The van der Waals surface area contributed by atoms with E-state index in [2.05, 4.69) is 11.3 Å². The SMILES string of the molecule is C=CS(=O)(=O)N1CC2(CCN(C(=O)[C@@H](COCc3ccccc3)NS(=O)(=O)CCN3CCOCC3)CC2)c2ccccc21. The van der Waals surface area contributed by atoms with Gasteiger partial charge in [0.25, 0.3) is 10.0 Å². The normalized spacial score (nSPS) is 19.7. The van der Waals surface area contributed by atoms with Crippen LogP contribution in [-0.4, -0.2) is 103 Å². The van der Waals surface area contributed by atoms with Crippen LogP contribution in [0.2, 0.25) is 0 Å². The molecule has 3 aliphatic rings. The number of piperidine rings is 1. The van der Waals surface area contributed by atoms with Crippen molar-refractivity contribution in [2.45, 2.75) is 30.9 Å². The molecule has 13 heteroatoms. The topological polar surface area (TPSA) is 126 Å². The minimum Gasteiger partial charge on any atom is -0.379 e. The Morgan fingerprint density at radius 1 is 1.00 bits per heavy atom.